The highest BCUT2D eigenvalue weighted by molar-refractivity contribution is 7.27. The van der Waals surface area contributed by atoms with Gasteiger partial charge in [0, 0.05) is 12.8 Å². The van der Waals surface area contributed by atoms with Crippen LogP contribution in [0, 0.1) is 0 Å². The fourth-order valence-corrected chi connectivity index (χ4v) is 1.44. The molecule has 0 saturated carbocycles. The van der Waals surface area contributed by atoms with E-state index in [1.807, 2.05) is 13.8 Å². The van der Waals surface area contributed by atoms with Crippen molar-refractivity contribution in [3.8, 4) is 0 Å². The van der Waals surface area contributed by atoms with Gasteiger partial charge in [-0.15, -0.1) is 0 Å². The second-order valence-corrected chi connectivity index (χ2v) is 3.77. The molecule has 70 valence electrons. The highest BCUT2D eigenvalue weighted by Crippen LogP contribution is 2.32. The van der Waals surface area contributed by atoms with Crippen LogP contribution in [-0.2, 0) is 14.1 Å². The monoisotopic (exact) mass is 191 g/mol. The van der Waals surface area contributed by atoms with E-state index in [-0.39, 0.29) is 5.97 Å². The second-order valence-electron chi connectivity index (χ2n) is 2.61. The van der Waals surface area contributed by atoms with E-state index in [1.165, 1.54) is 0 Å². The van der Waals surface area contributed by atoms with Crippen LogP contribution in [0.15, 0.2) is 0 Å². The average Bonchev–Trinajstić information content (AvgIpc) is 2.09. The first-order chi connectivity index (χ1) is 5.66. The normalized spacial score (nSPS) is 11.6. The van der Waals surface area contributed by atoms with Gasteiger partial charge in [0.05, 0.1) is 6.61 Å². The Kier molecular flexibility index (Phi) is 5.07. The summed E-state index contributed by atoms with van der Waals surface area (Å²) in [6.45, 7) is 5.81. The number of hydrogen-bond acceptors (Lipinski definition) is 3. The van der Waals surface area contributed by atoms with Crippen LogP contribution in [0.25, 0.3) is 0 Å². The van der Waals surface area contributed by atoms with Crippen LogP contribution in [0.5, 0.6) is 0 Å². The molecule has 0 bridgehead atoms. The standard InChI is InChI=1S/C8H15O3P/c1-4-8(5-2,12-10)7(9)11-6-3/h4-6H2,1-3H3/p+1. The van der Waals surface area contributed by atoms with Gasteiger partial charge in [-0.1, -0.05) is 18.4 Å². The molecule has 0 saturated heterocycles. The minimum atomic E-state index is -0.754. The third-order valence-corrected chi connectivity index (χ3v) is 3.37. The summed E-state index contributed by atoms with van der Waals surface area (Å²) < 4.78 is 15.7. The van der Waals surface area contributed by atoms with Crippen molar-refractivity contribution in [2.24, 2.45) is 0 Å². The smallest absolute Gasteiger partial charge is 0.361 e. The highest BCUT2D eigenvalue weighted by Gasteiger charge is 2.45. The zero-order valence-corrected chi connectivity index (χ0v) is 8.85. The quantitative estimate of drug-likeness (QED) is 0.494. The molecule has 0 amide bonds. The van der Waals surface area contributed by atoms with E-state index in [0.717, 1.165) is 0 Å². The van der Waals surface area contributed by atoms with Crippen molar-refractivity contribution < 1.29 is 14.1 Å². The van der Waals surface area contributed by atoms with E-state index in [2.05, 4.69) is 0 Å². The average molecular weight is 191 g/mol. The molecule has 0 aromatic carbocycles. The molecular formula is C8H16O3P+. The van der Waals surface area contributed by atoms with Crippen LogP contribution in [0.2, 0.25) is 0 Å². The SMILES string of the molecule is CCOC(=O)C(CC)(CC)[PH+]=O. The van der Waals surface area contributed by atoms with Gasteiger partial charge in [-0.2, -0.15) is 0 Å². The molecule has 0 aromatic heterocycles. The van der Waals surface area contributed by atoms with Gasteiger partial charge in [0.2, 0.25) is 0 Å². The Morgan fingerprint density at radius 1 is 1.33 bits per heavy atom. The molecule has 0 N–H and O–H groups in total. The molecule has 0 aliphatic carbocycles. The van der Waals surface area contributed by atoms with Crippen LogP contribution < -0.4 is 0 Å². The summed E-state index contributed by atoms with van der Waals surface area (Å²) in [6.07, 6.45) is 1.15. The summed E-state index contributed by atoms with van der Waals surface area (Å²) in [6, 6.07) is 0. The lowest BCUT2D eigenvalue weighted by molar-refractivity contribution is -0.146. The van der Waals surface area contributed by atoms with E-state index >= 15 is 0 Å². The Hall–Kier alpha value is -0.430. The van der Waals surface area contributed by atoms with Crippen molar-refractivity contribution in [1.82, 2.24) is 0 Å². The van der Waals surface area contributed by atoms with E-state index in [9.17, 15) is 9.36 Å². The zero-order chi connectivity index (χ0) is 9.61. The van der Waals surface area contributed by atoms with Gasteiger partial charge in [-0.25, -0.2) is 4.79 Å². The zero-order valence-electron chi connectivity index (χ0n) is 7.85. The second kappa shape index (κ2) is 5.26. The summed E-state index contributed by atoms with van der Waals surface area (Å²) in [5, 5.41) is -0.754. The van der Waals surface area contributed by atoms with Crippen molar-refractivity contribution in [1.29, 1.82) is 0 Å². The summed E-state index contributed by atoms with van der Waals surface area (Å²) in [4.78, 5) is 11.3. The molecule has 1 atom stereocenters. The molecule has 0 heterocycles. The molecule has 0 aromatic rings. The lowest BCUT2D eigenvalue weighted by Gasteiger charge is -2.14. The third kappa shape index (κ3) is 2.28. The molecule has 4 heteroatoms. The highest BCUT2D eigenvalue weighted by atomic mass is 31.1. The Balaban J connectivity index is 4.47. The molecule has 0 rings (SSSR count). The number of ether oxygens (including phenoxy) is 1. The summed E-state index contributed by atoms with van der Waals surface area (Å²) >= 11 is 0. The third-order valence-electron chi connectivity index (χ3n) is 2.07. The molecule has 0 radical (unpaired) electrons. The van der Waals surface area contributed by atoms with Crippen LogP contribution in [0.1, 0.15) is 33.6 Å². The first-order valence-electron chi connectivity index (χ1n) is 4.23. The van der Waals surface area contributed by atoms with Gasteiger partial charge in [-0.05, 0) is 6.92 Å². The minimum Gasteiger partial charge on any atom is -0.462 e. The fraction of sp³-hybridized carbons (Fsp3) is 0.875. The largest absolute Gasteiger partial charge is 0.462 e. The maximum atomic E-state index is 11.3. The van der Waals surface area contributed by atoms with Gasteiger partial charge in [0.1, 0.15) is 0 Å². The molecule has 0 fully saturated rings. The first-order valence-corrected chi connectivity index (χ1v) is 5.14. The fourth-order valence-electron chi connectivity index (χ4n) is 0.994. The maximum absolute atomic E-state index is 11.3. The maximum Gasteiger partial charge on any atom is 0.361 e. The predicted octanol–water partition coefficient (Wildman–Crippen LogP) is 2.13. The van der Waals surface area contributed by atoms with E-state index in [4.69, 9.17) is 4.74 Å². The Bertz CT molecular complexity index is 164. The van der Waals surface area contributed by atoms with Crippen molar-refractivity contribution in [2.45, 2.75) is 38.8 Å². The van der Waals surface area contributed by atoms with Gasteiger partial charge >= 0.3 is 14.4 Å². The van der Waals surface area contributed by atoms with Crippen molar-refractivity contribution >= 4 is 14.4 Å². The van der Waals surface area contributed by atoms with Crippen LogP contribution in [0.3, 0.4) is 0 Å². The molecule has 0 aliphatic rings. The number of rotatable bonds is 5. The van der Waals surface area contributed by atoms with Gasteiger partial charge in [0.25, 0.3) is 5.16 Å². The molecule has 1 unspecified atom stereocenters. The van der Waals surface area contributed by atoms with Crippen LogP contribution >= 0.6 is 8.46 Å². The molecule has 12 heavy (non-hydrogen) atoms. The van der Waals surface area contributed by atoms with Gasteiger partial charge in [-0.3, -0.25) is 0 Å². The van der Waals surface area contributed by atoms with Crippen molar-refractivity contribution in [3.63, 3.8) is 0 Å². The van der Waals surface area contributed by atoms with Crippen molar-refractivity contribution in [2.75, 3.05) is 6.61 Å². The summed E-state index contributed by atoms with van der Waals surface area (Å²) in [5.74, 6) is -0.330. The Morgan fingerprint density at radius 3 is 2.08 bits per heavy atom. The van der Waals surface area contributed by atoms with Gasteiger partial charge < -0.3 is 4.74 Å². The number of esters is 1. The van der Waals surface area contributed by atoms with Gasteiger partial charge in [0.15, 0.2) is 0 Å². The predicted molar refractivity (Wildman–Crippen MR) is 48.9 cm³/mol. The topological polar surface area (TPSA) is 43.4 Å². The Morgan fingerprint density at radius 2 is 1.83 bits per heavy atom. The Labute approximate surface area is 74.7 Å². The van der Waals surface area contributed by atoms with E-state index < -0.39 is 13.6 Å². The minimum absolute atomic E-state index is 0.330. The molecular weight excluding hydrogens is 175 g/mol. The number of carbonyl (C=O) groups is 1. The lowest BCUT2D eigenvalue weighted by atomic mass is 10.0. The van der Waals surface area contributed by atoms with Crippen LogP contribution in [0.4, 0.5) is 0 Å². The molecule has 0 aliphatic heterocycles. The van der Waals surface area contributed by atoms with Crippen molar-refractivity contribution in [3.05, 3.63) is 0 Å². The summed E-state index contributed by atoms with van der Waals surface area (Å²) in [7, 11) is -0.615. The summed E-state index contributed by atoms with van der Waals surface area (Å²) in [5.41, 5.74) is 0. The lowest BCUT2D eigenvalue weighted by Crippen LogP contribution is -2.33. The molecule has 3 nitrogen and oxygen atoms in total. The van der Waals surface area contributed by atoms with E-state index in [0.29, 0.717) is 19.4 Å². The number of hydrogen-bond donors (Lipinski definition) is 0. The number of carbonyl (C=O) groups excluding carboxylic acids is 1. The van der Waals surface area contributed by atoms with E-state index in [1.54, 1.807) is 6.92 Å². The van der Waals surface area contributed by atoms with Crippen LogP contribution in [-0.4, -0.2) is 17.7 Å². The first kappa shape index (κ1) is 11.6. The molecule has 0 spiro atoms.